The maximum absolute atomic E-state index is 14.0. The molecule has 7 rings (SSSR count). The van der Waals surface area contributed by atoms with Crippen LogP contribution in [-0.4, -0.2) is 57.9 Å². The van der Waals surface area contributed by atoms with Gasteiger partial charge < -0.3 is 24.8 Å². The smallest absolute Gasteiger partial charge is 0.376 e. The van der Waals surface area contributed by atoms with E-state index < -0.39 is 17.6 Å². The minimum absolute atomic E-state index is 0.193. The zero-order valence-electron chi connectivity index (χ0n) is 24.3. The fourth-order valence-corrected chi connectivity index (χ4v) is 6.50. The maximum atomic E-state index is 14.0. The zero-order valence-corrected chi connectivity index (χ0v) is 24.3. The van der Waals surface area contributed by atoms with E-state index in [4.69, 9.17) is 9.72 Å². The molecule has 1 fully saturated rings. The van der Waals surface area contributed by atoms with Crippen LogP contribution in [0.2, 0.25) is 0 Å². The van der Waals surface area contributed by atoms with E-state index >= 15 is 0 Å². The van der Waals surface area contributed by atoms with Crippen molar-refractivity contribution in [1.29, 1.82) is 0 Å². The number of anilines is 2. The van der Waals surface area contributed by atoms with Crippen LogP contribution in [0.25, 0.3) is 17.2 Å². The average Bonchev–Trinajstić information content (AvgIpc) is 3.45. The second-order valence-corrected chi connectivity index (χ2v) is 11.4. The fraction of sp³-hybridized carbons (Fsp3) is 0.419. The normalized spacial score (nSPS) is 16.4. The Morgan fingerprint density at radius 3 is 2.59 bits per heavy atom. The largest absolute Gasteiger partial charge is 0.416 e. The number of ether oxygens (including phenoxy) is 1. The first-order chi connectivity index (χ1) is 21.2. The van der Waals surface area contributed by atoms with E-state index in [9.17, 15) is 22.8 Å². The number of piperazine rings is 1. The first kappa shape index (κ1) is 28.5. The highest BCUT2D eigenvalue weighted by Crippen LogP contribution is 2.41. The van der Waals surface area contributed by atoms with Crippen LogP contribution in [0.3, 0.4) is 0 Å². The van der Waals surface area contributed by atoms with Crippen molar-refractivity contribution in [3.63, 3.8) is 0 Å². The molecule has 4 aromatic rings. The molecule has 0 radical (unpaired) electrons. The van der Waals surface area contributed by atoms with Crippen molar-refractivity contribution in [3.05, 3.63) is 74.2 Å². The molecule has 230 valence electrons. The minimum atomic E-state index is -4.44. The van der Waals surface area contributed by atoms with Crippen molar-refractivity contribution in [3.8, 4) is 11.4 Å². The molecular formula is C31H32F3N7O3. The Kier molecular flexibility index (Phi) is 7.16. The lowest BCUT2D eigenvalue weighted by Gasteiger charge is -2.31. The number of nitrogens with one attached hydrogen (secondary N) is 2. The summed E-state index contributed by atoms with van der Waals surface area (Å²) in [5, 5.41) is 10.8. The molecule has 2 N–H and O–H groups in total. The van der Waals surface area contributed by atoms with Gasteiger partial charge in [0.05, 0.1) is 24.5 Å². The monoisotopic (exact) mass is 607 g/mol. The van der Waals surface area contributed by atoms with Crippen LogP contribution in [0.15, 0.2) is 35.1 Å². The number of amides is 1. The summed E-state index contributed by atoms with van der Waals surface area (Å²) in [7, 11) is 0. The summed E-state index contributed by atoms with van der Waals surface area (Å²) in [5.41, 5.74) is 4.31. The molecule has 0 bridgehead atoms. The van der Waals surface area contributed by atoms with Crippen LogP contribution < -0.4 is 21.1 Å². The number of fused-ring (bicyclic) bond motifs is 3. The van der Waals surface area contributed by atoms with E-state index in [2.05, 4.69) is 15.7 Å². The summed E-state index contributed by atoms with van der Waals surface area (Å²) in [6, 6.07) is 8.26. The molecule has 1 amide bonds. The summed E-state index contributed by atoms with van der Waals surface area (Å²) < 4.78 is 48.9. The quantitative estimate of drug-likeness (QED) is 0.347. The van der Waals surface area contributed by atoms with Crippen molar-refractivity contribution in [2.24, 2.45) is 0 Å². The first-order valence-electron chi connectivity index (χ1n) is 14.9. The van der Waals surface area contributed by atoms with Crippen molar-refractivity contribution in [2.45, 2.75) is 51.9 Å². The van der Waals surface area contributed by atoms with Gasteiger partial charge in [0.15, 0.2) is 5.82 Å². The lowest BCUT2D eigenvalue weighted by atomic mass is 9.83. The molecule has 3 aliphatic rings. The second kappa shape index (κ2) is 11.0. The van der Waals surface area contributed by atoms with Crippen molar-refractivity contribution >= 4 is 23.1 Å². The van der Waals surface area contributed by atoms with Gasteiger partial charge in [-0.1, -0.05) is 19.1 Å². The molecule has 0 atom stereocenters. The van der Waals surface area contributed by atoms with Crippen molar-refractivity contribution in [2.75, 3.05) is 43.0 Å². The number of alkyl halides is 3. The number of benzene rings is 2. The van der Waals surface area contributed by atoms with Crippen LogP contribution >= 0.6 is 0 Å². The van der Waals surface area contributed by atoms with Gasteiger partial charge >= 0.3 is 6.18 Å². The van der Waals surface area contributed by atoms with E-state index in [1.807, 2.05) is 30.0 Å². The van der Waals surface area contributed by atoms with Gasteiger partial charge in [-0.05, 0) is 66.1 Å². The lowest BCUT2D eigenvalue weighted by molar-refractivity contribution is -0.138. The summed E-state index contributed by atoms with van der Waals surface area (Å²) in [5.74, 6) is 0.176. The number of rotatable bonds is 6. The van der Waals surface area contributed by atoms with Gasteiger partial charge in [0.2, 0.25) is 11.7 Å². The maximum Gasteiger partial charge on any atom is 0.416 e. The van der Waals surface area contributed by atoms with Gasteiger partial charge in [-0.15, -0.1) is 5.10 Å². The SMILES string of the molecule is CCc1c(N2CCNCC2)c(=O)n2nc(-c3ccc4c(c3)CCOC4)nc2n1CC(=O)Nc1ccc(C(F)(F)F)c2c1CC2. The van der Waals surface area contributed by atoms with Gasteiger partial charge in [-0.25, -0.2) is 0 Å². The summed E-state index contributed by atoms with van der Waals surface area (Å²) in [6.45, 7) is 5.56. The fourth-order valence-electron chi connectivity index (χ4n) is 6.50. The molecule has 0 saturated carbocycles. The van der Waals surface area contributed by atoms with Crippen LogP contribution in [0, 0.1) is 0 Å². The summed E-state index contributed by atoms with van der Waals surface area (Å²) in [6.07, 6.45) is -2.44. The molecule has 10 nitrogen and oxygen atoms in total. The highest BCUT2D eigenvalue weighted by atomic mass is 19.4. The number of nitrogens with zero attached hydrogens (tertiary/aromatic N) is 5. The van der Waals surface area contributed by atoms with E-state index in [0.717, 1.165) is 29.2 Å². The second-order valence-electron chi connectivity index (χ2n) is 11.4. The highest BCUT2D eigenvalue weighted by molar-refractivity contribution is 5.92. The molecule has 1 saturated heterocycles. The molecule has 2 aliphatic heterocycles. The molecule has 1 aliphatic carbocycles. The molecule has 0 spiro atoms. The third-order valence-corrected chi connectivity index (χ3v) is 8.77. The van der Waals surface area contributed by atoms with Gasteiger partial charge in [0.1, 0.15) is 12.2 Å². The number of carbonyl (C=O) groups excluding carboxylic acids is 1. The predicted molar refractivity (Wildman–Crippen MR) is 158 cm³/mol. The zero-order chi connectivity index (χ0) is 30.6. The third kappa shape index (κ3) is 4.93. The topological polar surface area (TPSA) is 106 Å². The number of hydrogen-bond acceptors (Lipinski definition) is 7. The highest BCUT2D eigenvalue weighted by Gasteiger charge is 2.37. The molecule has 13 heteroatoms. The molecule has 0 unspecified atom stereocenters. The minimum Gasteiger partial charge on any atom is -0.376 e. The Hall–Kier alpha value is -4.23. The van der Waals surface area contributed by atoms with Gasteiger partial charge in [0, 0.05) is 37.4 Å². The van der Waals surface area contributed by atoms with Gasteiger partial charge in [0.25, 0.3) is 5.56 Å². The standard InChI is InChI=1S/C31H32F3N7O3/c1-2-25-27(39-12-10-35-11-13-39)29(43)41-30(37-28(38-41)19-3-4-20-17-44-14-9-18(20)15-19)40(25)16-26(42)36-24-8-7-23(31(32,33)34)21-5-6-22(21)24/h3-4,7-8,15,35H,2,5-6,9-14,16-17H2,1H3,(H,36,42). The van der Waals surface area contributed by atoms with E-state index in [-0.39, 0.29) is 23.4 Å². The Bertz CT molecular complexity index is 1840. The van der Waals surface area contributed by atoms with Gasteiger partial charge in [-0.2, -0.15) is 22.7 Å². The molecular weight excluding hydrogens is 575 g/mol. The summed E-state index contributed by atoms with van der Waals surface area (Å²) >= 11 is 0. The molecule has 2 aromatic carbocycles. The van der Waals surface area contributed by atoms with Crippen molar-refractivity contribution in [1.82, 2.24) is 24.5 Å². The van der Waals surface area contributed by atoms with E-state index in [1.54, 1.807) is 4.57 Å². The van der Waals surface area contributed by atoms with Crippen LogP contribution in [0.4, 0.5) is 24.5 Å². The Labute approximate surface area is 250 Å². The van der Waals surface area contributed by atoms with Gasteiger partial charge in [-0.3, -0.25) is 9.59 Å². The molecule has 4 heterocycles. The Morgan fingerprint density at radius 2 is 1.86 bits per heavy atom. The Morgan fingerprint density at radius 1 is 1.07 bits per heavy atom. The Balaban J connectivity index is 1.30. The predicted octanol–water partition coefficient (Wildman–Crippen LogP) is 3.36. The lowest BCUT2D eigenvalue weighted by Crippen LogP contribution is -2.47. The van der Waals surface area contributed by atoms with Crippen LogP contribution in [0.1, 0.15) is 40.4 Å². The van der Waals surface area contributed by atoms with Crippen LogP contribution in [0.5, 0.6) is 0 Å². The number of hydrogen-bond donors (Lipinski definition) is 2. The first-order valence-corrected chi connectivity index (χ1v) is 14.9. The van der Waals surface area contributed by atoms with E-state index in [1.165, 1.54) is 10.6 Å². The third-order valence-electron chi connectivity index (χ3n) is 8.77. The molecule has 2 aromatic heterocycles. The average molecular weight is 608 g/mol. The molecule has 44 heavy (non-hydrogen) atoms. The van der Waals surface area contributed by atoms with E-state index in [0.29, 0.717) is 87.1 Å². The van der Waals surface area contributed by atoms with Crippen molar-refractivity contribution < 1.29 is 22.7 Å². The number of halogens is 3. The number of carbonyl (C=O) groups is 1. The van der Waals surface area contributed by atoms with Crippen LogP contribution in [-0.2, 0) is 54.5 Å². The number of aromatic nitrogens is 4. The summed E-state index contributed by atoms with van der Waals surface area (Å²) in [4.78, 5) is 34.3.